The highest BCUT2D eigenvalue weighted by atomic mass is 32.2. The van der Waals surface area contributed by atoms with Gasteiger partial charge in [0, 0.05) is 18.5 Å². The summed E-state index contributed by atoms with van der Waals surface area (Å²) in [5, 5.41) is 7.21. The van der Waals surface area contributed by atoms with Gasteiger partial charge >= 0.3 is 0 Å². The molecule has 7 nitrogen and oxygen atoms in total. The van der Waals surface area contributed by atoms with Crippen molar-refractivity contribution in [2.75, 3.05) is 6.26 Å². The Kier molecular flexibility index (Phi) is 4.09. The molecule has 0 radical (unpaired) electrons. The molecule has 3 rings (SSSR count). The maximum atomic E-state index is 12.3. The molecule has 124 valence electrons. The van der Waals surface area contributed by atoms with E-state index in [4.69, 9.17) is 4.52 Å². The Labute approximate surface area is 134 Å². The fraction of sp³-hybridized carbons (Fsp3) is 0.533. The molecule has 1 aliphatic rings. The molecule has 0 aliphatic heterocycles. The van der Waals surface area contributed by atoms with Crippen LogP contribution in [-0.4, -0.2) is 42.0 Å². The number of nitrogens with one attached hydrogen (secondary N) is 1. The zero-order valence-corrected chi connectivity index (χ0v) is 13.9. The van der Waals surface area contributed by atoms with E-state index in [9.17, 15) is 13.2 Å². The normalized spacial score (nSPS) is 22.2. The van der Waals surface area contributed by atoms with Gasteiger partial charge in [-0.25, -0.2) is 13.4 Å². The summed E-state index contributed by atoms with van der Waals surface area (Å²) in [6.07, 6.45) is 5.26. The number of hydrogen-bond acceptors (Lipinski definition) is 6. The van der Waals surface area contributed by atoms with Gasteiger partial charge in [-0.05, 0) is 38.7 Å². The molecule has 0 bridgehead atoms. The van der Waals surface area contributed by atoms with E-state index in [2.05, 4.69) is 15.5 Å². The molecule has 1 saturated carbocycles. The van der Waals surface area contributed by atoms with Gasteiger partial charge in [0.2, 0.25) is 0 Å². The average molecular weight is 337 g/mol. The molecule has 0 aromatic carbocycles. The van der Waals surface area contributed by atoms with Crippen LogP contribution in [0.5, 0.6) is 0 Å². The van der Waals surface area contributed by atoms with Crippen molar-refractivity contribution in [1.29, 1.82) is 0 Å². The van der Waals surface area contributed by atoms with Crippen LogP contribution in [0.1, 0.15) is 41.7 Å². The topological polar surface area (TPSA) is 102 Å². The van der Waals surface area contributed by atoms with Crippen LogP contribution in [-0.2, 0) is 9.84 Å². The Balaban J connectivity index is 1.66. The number of carbonyl (C=O) groups is 1. The van der Waals surface area contributed by atoms with E-state index in [1.807, 2.05) is 0 Å². The molecule has 1 fully saturated rings. The maximum absolute atomic E-state index is 12.3. The number of pyridine rings is 1. The second-order valence-corrected chi connectivity index (χ2v) is 8.45. The van der Waals surface area contributed by atoms with Crippen molar-refractivity contribution in [2.45, 2.75) is 43.9 Å². The summed E-state index contributed by atoms with van der Waals surface area (Å²) in [6.45, 7) is 1.79. The van der Waals surface area contributed by atoms with Crippen LogP contribution >= 0.6 is 0 Å². The van der Waals surface area contributed by atoms with Crippen LogP contribution in [0.25, 0.3) is 11.1 Å². The van der Waals surface area contributed by atoms with Crippen LogP contribution in [0, 0.1) is 6.92 Å². The quantitative estimate of drug-likeness (QED) is 0.913. The molecule has 2 heterocycles. The van der Waals surface area contributed by atoms with E-state index in [1.54, 1.807) is 13.0 Å². The van der Waals surface area contributed by atoms with E-state index >= 15 is 0 Å². The Morgan fingerprint density at radius 3 is 2.65 bits per heavy atom. The van der Waals surface area contributed by atoms with Crippen LogP contribution in [0.4, 0.5) is 0 Å². The maximum Gasteiger partial charge on any atom is 0.257 e. The van der Waals surface area contributed by atoms with Crippen molar-refractivity contribution >= 4 is 26.8 Å². The molecule has 8 heteroatoms. The van der Waals surface area contributed by atoms with E-state index in [-0.39, 0.29) is 17.2 Å². The highest BCUT2D eigenvalue weighted by Crippen LogP contribution is 2.24. The molecule has 0 saturated heterocycles. The number of fused-ring (bicyclic) bond motifs is 1. The molecule has 0 atom stereocenters. The number of amides is 1. The number of nitrogens with zero attached hydrogens (tertiary/aromatic N) is 2. The van der Waals surface area contributed by atoms with Crippen molar-refractivity contribution in [3.05, 3.63) is 23.5 Å². The van der Waals surface area contributed by atoms with E-state index in [0.29, 0.717) is 42.7 Å². The predicted molar refractivity (Wildman–Crippen MR) is 84.9 cm³/mol. The Hall–Kier alpha value is -1.96. The smallest absolute Gasteiger partial charge is 0.257 e. The first-order valence-electron chi connectivity index (χ1n) is 7.56. The van der Waals surface area contributed by atoms with Gasteiger partial charge < -0.3 is 9.84 Å². The van der Waals surface area contributed by atoms with Crippen molar-refractivity contribution in [1.82, 2.24) is 15.5 Å². The molecule has 1 aliphatic carbocycles. The first kappa shape index (κ1) is 15.9. The number of rotatable bonds is 3. The molecule has 1 amide bonds. The Bertz CT molecular complexity index is 836. The lowest BCUT2D eigenvalue weighted by Crippen LogP contribution is -2.40. The average Bonchev–Trinajstić information content (AvgIpc) is 2.88. The zero-order valence-electron chi connectivity index (χ0n) is 13.1. The minimum atomic E-state index is -2.99. The monoisotopic (exact) mass is 337 g/mol. The van der Waals surface area contributed by atoms with Crippen LogP contribution in [0.3, 0.4) is 0 Å². The molecular formula is C15H19N3O4S. The molecule has 1 N–H and O–H groups in total. The van der Waals surface area contributed by atoms with E-state index < -0.39 is 9.84 Å². The summed E-state index contributed by atoms with van der Waals surface area (Å²) < 4.78 is 28.1. The summed E-state index contributed by atoms with van der Waals surface area (Å²) in [7, 11) is -2.99. The SMILES string of the molecule is Cc1noc2ncc(C(=O)NC3CCC(S(C)(=O)=O)CC3)cc12. The van der Waals surface area contributed by atoms with Crippen molar-refractivity contribution < 1.29 is 17.7 Å². The third-order valence-corrected chi connectivity index (χ3v) is 6.07. The summed E-state index contributed by atoms with van der Waals surface area (Å²) >= 11 is 0. The first-order chi connectivity index (χ1) is 10.8. The van der Waals surface area contributed by atoms with Gasteiger partial charge in [-0.15, -0.1) is 0 Å². The van der Waals surface area contributed by atoms with Gasteiger partial charge in [0.1, 0.15) is 9.84 Å². The third kappa shape index (κ3) is 3.36. The second-order valence-electron chi connectivity index (χ2n) is 6.12. The van der Waals surface area contributed by atoms with Crippen molar-refractivity contribution in [3.8, 4) is 0 Å². The molecular weight excluding hydrogens is 318 g/mol. The van der Waals surface area contributed by atoms with Gasteiger partial charge in [-0.1, -0.05) is 5.16 Å². The lowest BCUT2D eigenvalue weighted by molar-refractivity contribution is 0.0928. The molecule has 0 unspecified atom stereocenters. The van der Waals surface area contributed by atoms with Crippen molar-refractivity contribution in [3.63, 3.8) is 0 Å². The minimum Gasteiger partial charge on any atom is -0.349 e. The predicted octanol–water partition coefficient (Wildman–Crippen LogP) is 1.62. The third-order valence-electron chi connectivity index (χ3n) is 4.39. The van der Waals surface area contributed by atoms with Crippen LogP contribution < -0.4 is 5.32 Å². The Morgan fingerprint density at radius 2 is 2.00 bits per heavy atom. The highest BCUT2D eigenvalue weighted by Gasteiger charge is 2.28. The number of aromatic nitrogens is 2. The lowest BCUT2D eigenvalue weighted by Gasteiger charge is -2.28. The fourth-order valence-electron chi connectivity index (χ4n) is 2.97. The standard InChI is InChI=1S/C15H19N3O4S/c1-9-13-7-10(8-16-15(13)22-18-9)14(19)17-11-3-5-12(6-4-11)23(2,20)21/h7-8,11-12H,3-6H2,1-2H3,(H,17,19). The van der Waals surface area contributed by atoms with Crippen LogP contribution in [0.2, 0.25) is 0 Å². The summed E-state index contributed by atoms with van der Waals surface area (Å²) in [4.78, 5) is 16.4. The van der Waals surface area contributed by atoms with Crippen LogP contribution in [0.15, 0.2) is 16.8 Å². The fourth-order valence-corrected chi connectivity index (χ4v) is 4.10. The second kappa shape index (κ2) is 5.92. The molecule has 23 heavy (non-hydrogen) atoms. The van der Waals surface area contributed by atoms with Gasteiger partial charge in [0.25, 0.3) is 11.6 Å². The van der Waals surface area contributed by atoms with Gasteiger partial charge in [0.15, 0.2) is 0 Å². The number of sulfone groups is 1. The van der Waals surface area contributed by atoms with Gasteiger partial charge in [0.05, 0.1) is 21.9 Å². The van der Waals surface area contributed by atoms with Gasteiger partial charge in [-0.2, -0.15) is 0 Å². The number of carbonyl (C=O) groups excluding carboxylic acids is 1. The summed E-state index contributed by atoms with van der Waals surface area (Å²) in [5.41, 5.74) is 1.55. The summed E-state index contributed by atoms with van der Waals surface area (Å²) in [6, 6.07) is 1.71. The number of hydrogen-bond donors (Lipinski definition) is 1. The number of aryl methyl sites for hydroxylation is 1. The highest BCUT2D eigenvalue weighted by molar-refractivity contribution is 7.91. The molecule has 0 spiro atoms. The van der Waals surface area contributed by atoms with E-state index in [1.165, 1.54) is 12.5 Å². The molecule has 2 aromatic rings. The van der Waals surface area contributed by atoms with Gasteiger partial charge in [-0.3, -0.25) is 4.79 Å². The van der Waals surface area contributed by atoms with Crippen molar-refractivity contribution in [2.24, 2.45) is 0 Å². The lowest BCUT2D eigenvalue weighted by atomic mass is 9.95. The molecule has 2 aromatic heterocycles. The minimum absolute atomic E-state index is 0.000214. The first-order valence-corrected chi connectivity index (χ1v) is 9.52. The Morgan fingerprint density at radius 1 is 1.30 bits per heavy atom. The zero-order chi connectivity index (χ0) is 16.6. The van der Waals surface area contributed by atoms with E-state index in [0.717, 1.165) is 5.39 Å². The largest absolute Gasteiger partial charge is 0.349 e. The summed E-state index contributed by atoms with van der Waals surface area (Å²) in [5.74, 6) is -0.206.